The van der Waals surface area contributed by atoms with Crippen molar-refractivity contribution < 1.29 is 24.5 Å². The average Bonchev–Trinajstić information content (AvgIpc) is 2.64. The third kappa shape index (κ3) is 17.6. The molecule has 0 saturated carbocycles. The minimum absolute atomic E-state index is 0.00126. The van der Waals surface area contributed by atoms with Crippen LogP contribution in [0.2, 0.25) is 0 Å². The van der Waals surface area contributed by atoms with Crippen LogP contribution in [0.25, 0.3) is 0 Å². The summed E-state index contributed by atoms with van der Waals surface area (Å²) in [6, 6.07) is 0. The second-order valence-corrected chi connectivity index (χ2v) is 6.80. The molecule has 0 amide bonds. The fourth-order valence-corrected chi connectivity index (χ4v) is 2.34. The maximum Gasteiger partial charge on any atom is 0.317 e. The van der Waals surface area contributed by atoms with Gasteiger partial charge in [-0.2, -0.15) is 0 Å². The van der Waals surface area contributed by atoms with Crippen LogP contribution < -0.4 is 5.73 Å². The van der Waals surface area contributed by atoms with Gasteiger partial charge in [-0.05, 0) is 32.7 Å². The minimum Gasteiger partial charge on any atom is -0.480 e. The molecule has 0 atom stereocenters. The van der Waals surface area contributed by atoms with Crippen molar-refractivity contribution in [3.05, 3.63) is 36.6 Å². The zero-order valence-corrected chi connectivity index (χ0v) is 17.6. The van der Waals surface area contributed by atoms with Crippen LogP contribution in [0.15, 0.2) is 36.6 Å². The molecule has 166 valence electrons. The highest BCUT2D eigenvalue weighted by molar-refractivity contribution is 5.69. The first-order chi connectivity index (χ1) is 13.7. The van der Waals surface area contributed by atoms with E-state index in [0.29, 0.717) is 38.5 Å². The molecule has 4 N–H and O–H groups in total. The number of carbonyl (C=O) groups is 2. The first-order valence-electron chi connectivity index (χ1n) is 9.60. The lowest BCUT2D eigenvalue weighted by Gasteiger charge is -2.24. The van der Waals surface area contributed by atoms with Crippen LogP contribution in [0, 0.1) is 0 Å². The zero-order valence-electron chi connectivity index (χ0n) is 17.6. The van der Waals surface area contributed by atoms with Gasteiger partial charge in [-0.3, -0.25) is 19.4 Å². The Morgan fingerprint density at radius 3 is 2.17 bits per heavy atom. The number of likely N-dealkylation sites (N-methyl/N-ethyl adjacent to an activating group) is 2. The van der Waals surface area contributed by atoms with Crippen molar-refractivity contribution in [2.45, 2.75) is 6.42 Å². The van der Waals surface area contributed by atoms with Crippen molar-refractivity contribution in [3.63, 3.8) is 0 Å². The van der Waals surface area contributed by atoms with Crippen molar-refractivity contribution in [1.29, 1.82) is 0 Å². The first-order valence-corrected chi connectivity index (χ1v) is 9.60. The standard InChI is InChI=1S/C20H36N4O5/c1-4-18(21)8-6-5-7-9-24(17-20(27)28)11-10-22(2)12-14-29-15-13-23(3)16-19(25)26/h4-6,8H,1,7,9-17,21H2,2-3H3,(H,25,26)(H,27,28)/b6-5+,18-8+. The van der Waals surface area contributed by atoms with E-state index in [4.69, 9.17) is 20.7 Å². The summed E-state index contributed by atoms with van der Waals surface area (Å²) in [5.74, 6) is -1.70. The van der Waals surface area contributed by atoms with Crippen LogP contribution in [0.1, 0.15) is 6.42 Å². The Labute approximate surface area is 173 Å². The highest BCUT2D eigenvalue weighted by atomic mass is 16.5. The molecule has 29 heavy (non-hydrogen) atoms. The lowest BCUT2D eigenvalue weighted by Crippen LogP contribution is -2.38. The summed E-state index contributed by atoms with van der Waals surface area (Å²) in [4.78, 5) is 27.3. The summed E-state index contributed by atoms with van der Waals surface area (Å²) in [5.41, 5.74) is 6.20. The van der Waals surface area contributed by atoms with Crippen LogP contribution in [-0.2, 0) is 14.3 Å². The third-order valence-electron chi connectivity index (χ3n) is 4.07. The third-order valence-corrected chi connectivity index (χ3v) is 4.07. The summed E-state index contributed by atoms with van der Waals surface area (Å²) < 4.78 is 5.53. The van der Waals surface area contributed by atoms with E-state index in [1.165, 1.54) is 0 Å². The number of hydrogen-bond donors (Lipinski definition) is 3. The molecule has 0 aromatic rings. The van der Waals surface area contributed by atoms with Crippen LogP contribution in [-0.4, -0.2) is 110 Å². The molecule has 0 fully saturated rings. The van der Waals surface area contributed by atoms with E-state index < -0.39 is 11.9 Å². The van der Waals surface area contributed by atoms with E-state index in [-0.39, 0.29) is 13.1 Å². The van der Waals surface area contributed by atoms with Gasteiger partial charge in [-0.25, -0.2) is 0 Å². The van der Waals surface area contributed by atoms with Crippen molar-refractivity contribution in [2.24, 2.45) is 5.73 Å². The van der Waals surface area contributed by atoms with Gasteiger partial charge in [-0.15, -0.1) is 0 Å². The molecule has 0 heterocycles. The van der Waals surface area contributed by atoms with E-state index in [1.807, 2.05) is 24.1 Å². The number of nitrogens with two attached hydrogens (primary N) is 1. The fourth-order valence-electron chi connectivity index (χ4n) is 2.34. The summed E-state index contributed by atoms with van der Waals surface area (Å²) in [5, 5.41) is 17.8. The highest BCUT2D eigenvalue weighted by Gasteiger charge is 2.10. The van der Waals surface area contributed by atoms with Gasteiger partial charge in [0.05, 0.1) is 26.3 Å². The van der Waals surface area contributed by atoms with Crippen molar-refractivity contribution in [3.8, 4) is 0 Å². The lowest BCUT2D eigenvalue weighted by atomic mass is 10.3. The van der Waals surface area contributed by atoms with Gasteiger partial charge < -0.3 is 25.6 Å². The Morgan fingerprint density at radius 2 is 1.59 bits per heavy atom. The predicted octanol–water partition coefficient (Wildman–Crippen LogP) is 0.313. The molecule has 0 spiro atoms. The first kappa shape index (κ1) is 26.8. The number of carboxylic acids is 2. The molecule has 0 radical (unpaired) electrons. The Bertz CT molecular complexity index is 551. The van der Waals surface area contributed by atoms with Crippen molar-refractivity contribution in [1.82, 2.24) is 14.7 Å². The highest BCUT2D eigenvalue weighted by Crippen LogP contribution is 1.96. The number of ether oxygens (including phenoxy) is 1. The lowest BCUT2D eigenvalue weighted by molar-refractivity contribution is -0.139. The molecule has 0 rings (SSSR count). The van der Waals surface area contributed by atoms with Gasteiger partial charge in [0.1, 0.15) is 0 Å². The molecular formula is C20H36N4O5. The smallest absolute Gasteiger partial charge is 0.317 e. The molecule has 9 heteroatoms. The quantitative estimate of drug-likeness (QED) is 0.216. The predicted molar refractivity (Wildman–Crippen MR) is 114 cm³/mol. The molecule has 0 saturated heterocycles. The van der Waals surface area contributed by atoms with E-state index in [9.17, 15) is 9.59 Å². The molecular weight excluding hydrogens is 376 g/mol. The van der Waals surface area contributed by atoms with E-state index in [1.54, 1.807) is 24.1 Å². The summed E-state index contributed by atoms with van der Waals surface area (Å²) in [6.07, 6.45) is 7.83. The van der Waals surface area contributed by atoms with Crippen LogP contribution >= 0.6 is 0 Å². The zero-order chi connectivity index (χ0) is 22.1. The van der Waals surface area contributed by atoms with Gasteiger partial charge in [0.25, 0.3) is 0 Å². The summed E-state index contributed by atoms with van der Waals surface area (Å²) in [6.45, 7) is 7.86. The topological polar surface area (TPSA) is 120 Å². The number of rotatable bonds is 18. The second-order valence-electron chi connectivity index (χ2n) is 6.80. The molecule has 0 aliphatic heterocycles. The number of aliphatic carboxylic acids is 2. The maximum absolute atomic E-state index is 11.1. The Hall–Kier alpha value is -2.20. The van der Waals surface area contributed by atoms with Crippen molar-refractivity contribution in [2.75, 3.05) is 73.1 Å². The Kier molecular flexibility index (Phi) is 15.5. The van der Waals surface area contributed by atoms with Gasteiger partial charge in [0.15, 0.2) is 0 Å². The number of allylic oxidation sites excluding steroid dienone is 3. The largest absolute Gasteiger partial charge is 0.480 e. The molecule has 9 nitrogen and oxygen atoms in total. The van der Waals surface area contributed by atoms with Crippen LogP contribution in [0.5, 0.6) is 0 Å². The SMILES string of the molecule is C=C/C(N)=C\C=C\CCN(CCN(C)CCOCCN(C)CC(=O)O)CC(=O)O. The number of hydrogen-bond acceptors (Lipinski definition) is 7. The van der Waals surface area contributed by atoms with Gasteiger partial charge in [-0.1, -0.05) is 18.7 Å². The average molecular weight is 413 g/mol. The van der Waals surface area contributed by atoms with E-state index >= 15 is 0 Å². The van der Waals surface area contributed by atoms with Gasteiger partial charge in [0, 0.05) is 38.4 Å². The van der Waals surface area contributed by atoms with Gasteiger partial charge >= 0.3 is 11.9 Å². The monoisotopic (exact) mass is 412 g/mol. The van der Waals surface area contributed by atoms with E-state index in [2.05, 4.69) is 11.5 Å². The number of carboxylic acid groups (broad SMARTS) is 2. The van der Waals surface area contributed by atoms with Crippen molar-refractivity contribution >= 4 is 11.9 Å². The fraction of sp³-hybridized carbons (Fsp3) is 0.600. The molecule has 0 aliphatic carbocycles. The van der Waals surface area contributed by atoms with Gasteiger partial charge in [0.2, 0.25) is 0 Å². The number of nitrogens with zero attached hydrogens (tertiary/aromatic N) is 3. The van der Waals surface area contributed by atoms with E-state index in [0.717, 1.165) is 19.5 Å². The Balaban J connectivity index is 4.07. The normalized spacial score (nSPS) is 12.4. The van der Waals surface area contributed by atoms with Crippen LogP contribution in [0.4, 0.5) is 0 Å². The summed E-state index contributed by atoms with van der Waals surface area (Å²) >= 11 is 0. The second kappa shape index (κ2) is 16.7. The molecule has 0 aromatic heterocycles. The molecule has 0 aliphatic rings. The molecule has 0 bridgehead atoms. The summed E-state index contributed by atoms with van der Waals surface area (Å²) in [7, 11) is 3.70. The Morgan fingerprint density at radius 1 is 0.966 bits per heavy atom. The van der Waals surface area contributed by atoms with Crippen LogP contribution in [0.3, 0.4) is 0 Å². The molecule has 0 unspecified atom stereocenters. The minimum atomic E-state index is -0.856. The molecule has 0 aromatic carbocycles. The maximum atomic E-state index is 11.1.